The first kappa shape index (κ1) is 6.28. The molecule has 0 spiro atoms. The zero-order valence-electron chi connectivity index (χ0n) is 7.38. The van der Waals surface area contributed by atoms with Gasteiger partial charge in [0.2, 0.25) is 0 Å². The number of allylic oxidation sites excluding steroid dienone is 2. The lowest BCUT2D eigenvalue weighted by molar-refractivity contribution is -0.0877. The van der Waals surface area contributed by atoms with Crippen LogP contribution >= 0.6 is 0 Å². The average molecular weight is 148 g/mol. The van der Waals surface area contributed by atoms with Gasteiger partial charge in [0.05, 0.1) is 0 Å². The molecule has 0 heterocycles. The second-order valence-corrected chi connectivity index (χ2v) is 4.78. The van der Waals surface area contributed by atoms with Gasteiger partial charge < -0.3 is 0 Å². The van der Waals surface area contributed by atoms with Crippen molar-refractivity contribution < 1.29 is 0 Å². The molecule has 5 unspecified atom stereocenters. The maximum atomic E-state index is 2.52. The second kappa shape index (κ2) is 1.73. The van der Waals surface area contributed by atoms with Gasteiger partial charge >= 0.3 is 0 Å². The molecule has 3 aliphatic rings. The molecule has 3 rings (SSSR count). The minimum atomic E-state index is 0.904. The van der Waals surface area contributed by atoms with E-state index < -0.39 is 0 Å². The van der Waals surface area contributed by atoms with Crippen LogP contribution in [0.2, 0.25) is 0 Å². The van der Waals surface area contributed by atoms with E-state index in [-0.39, 0.29) is 0 Å². The predicted octanol–water partition coefficient (Wildman–Crippen LogP) is 2.85. The summed E-state index contributed by atoms with van der Waals surface area (Å²) in [6.07, 6.45) is 5.59. The molecule has 0 saturated heterocycles. The zero-order valence-corrected chi connectivity index (χ0v) is 7.38. The molecule has 3 aliphatic carbocycles. The Hall–Kier alpha value is -0.260. The molecular formula is C11H16. The van der Waals surface area contributed by atoms with E-state index in [1.165, 1.54) is 12.8 Å². The van der Waals surface area contributed by atoms with Crippen molar-refractivity contribution in [1.29, 1.82) is 0 Å². The van der Waals surface area contributed by atoms with Crippen molar-refractivity contribution in [3.63, 3.8) is 0 Å². The van der Waals surface area contributed by atoms with E-state index in [2.05, 4.69) is 19.9 Å². The van der Waals surface area contributed by atoms with Crippen LogP contribution in [0, 0.1) is 29.6 Å². The van der Waals surface area contributed by atoms with Gasteiger partial charge in [-0.25, -0.2) is 0 Å². The van der Waals surface area contributed by atoms with Crippen LogP contribution in [-0.2, 0) is 0 Å². The van der Waals surface area contributed by atoms with Crippen molar-refractivity contribution in [3.8, 4) is 0 Å². The first-order chi connectivity index (χ1) is 5.29. The van der Waals surface area contributed by atoms with E-state index in [1.807, 2.05) is 0 Å². The highest BCUT2D eigenvalue weighted by atomic mass is 14.6. The molecule has 0 radical (unpaired) electrons. The summed E-state index contributed by atoms with van der Waals surface area (Å²) in [5.74, 6) is 5.28. The van der Waals surface area contributed by atoms with Gasteiger partial charge in [-0.05, 0) is 49.4 Å². The molecular weight excluding hydrogens is 132 g/mol. The highest BCUT2D eigenvalue weighted by molar-refractivity contribution is 5.26. The molecule has 0 nitrogen and oxygen atoms in total. The van der Waals surface area contributed by atoms with Gasteiger partial charge in [0, 0.05) is 0 Å². The molecule has 0 aromatic rings. The first-order valence-electron chi connectivity index (χ1n) is 4.97. The Kier molecular flexibility index (Phi) is 0.987. The van der Waals surface area contributed by atoms with Crippen molar-refractivity contribution in [3.05, 3.63) is 11.6 Å². The van der Waals surface area contributed by atoms with Gasteiger partial charge in [0.15, 0.2) is 0 Å². The third-order valence-electron chi connectivity index (χ3n) is 4.41. The summed E-state index contributed by atoms with van der Waals surface area (Å²) in [6, 6.07) is 0. The summed E-state index contributed by atoms with van der Waals surface area (Å²) in [5.41, 5.74) is 1.71. The van der Waals surface area contributed by atoms with Crippen LogP contribution in [0.1, 0.15) is 26.7 Å². The van der Waals surface area contributed by atoms with Crippen LogP contribution < -0.4 is 0 Å². The van der Waals surface area contributed by atoms with Gasteiger partial charge in [-0.15, -0.1) is 0 Å². The molecule has 0 aromatic carbocycles. The van der Waals surface area contributed by atoms with E-state index >= 15 is 0 Å². The van der Waals surface area contributed by atoms with Gasteiger partial charge in [0.25, 0.3) is 0 Å². The summed E-state index contributed by atoms with van der Waals surface area (Å²) in [7, 11) is 0. The van der Waals surface area contributed by atoms with Gasteiger partial charge in [-0.3, -0.25) is 0 Å². The fourth-order valence-corrected chi connectivity index (χ4v) is 3.88. The third kappa shape index (κ3) is 0.544. The fraction of sp³-hybridized carbons (Fsp3) is 0.818. The monoisotopic (exact) mass is 148 g/mol. The summed E-state index contributed by atoms with van der Waals surface area (Å²) in [5, 5.41) is 0. The second-order valence-electron chi connectivity index (χ2n) is 4.78. The van der Waals surface area contributed by atoms with E-state index in [4.69, 9.17) is 0 Å². The Labute approximate surface area is 68.7 Å². The highest BCUT2D eigenvalue weighted by Gasteiger charge is 2.58. The lowest BCUT2D eigenvalue weighted by Gasteiger charge is -2.59. The van der Waals surface area contributed by atoms with Crippen LogP contribution in [0.4, 0.5) is 0 Å². The van der Waals surface area contributed by atoms with Crippen molar-refractivity contribution in [2.45, 2.75) is 26.7 Å². The van der Waals surface area contributed by atoms with Crippen LogP contribution in [0.15, 0.2) is 11.6 Å². The molecule has 0 bridgehead atoms. The van der Waals surface area contributed by atoms with Crippen LogP contribution in [0.25, 0.3) is 0 Å². The maximum Gasteiger partial charge on any atom is -0.0138 e. The van der Waals surface area contributed by atoms with Gasteiger partial charge in [-0.1, -0.05) is 18.6 Å². The largest absolute Gasteiger partial charge is 0.0822 e. The Morgan fingerprint density at radius 3 is 2.55 bits per heavy atom. The standard InChI is InChI=1S/C11H16/c1-6-5-7(2)11-9-4-3-8(9)10(6)11/h5-6,8-11H,3-4H2,1-2H3. The fourth-order valence-electron chi connectivity index (χ4n) is 3.88. The SMILES string of the molecule is CC1=CC(C)C2C3CCC3C12. The number of hydrogen-bond acceptors (Lipinski definition) is 0. The zero-order chi connectivity index (χ0) is 7.59. The summed E-state index contributed by atoms with van der Waals surface area (Å²) in [6.45, 7) is 4.75. The average Bonchev–Trinajstić information content (AvgIpc) is 2.11. The number of rotatable bonds is 0. The lowest BCUT2D eigenvalue weighted by Crippen LogP contribution is -2.53. The van der Waals surface area contributed by atoms with Crippen LogP contribution in [0.3, 0.4) is 0 Å². The summed E-state index contributed by atoms with van der Waals surface area (Å²) < 4.78 is 0. The molecule has 0 heteroatoms. The van der Waals surface area contributed by atoms with Crippen LogP contribution in [-0.4, -0.2) is 0 Å². The van der Waals surface area contributed by atoms with E-state index in [0.717, 1.165) is 29.6 Å². The molecule has 0 aromatic heterocycles. The smallest absolute Gasteiger partial charge is 0.0138 e. The molecule has 60 valence electrons. The van der Waals surface area contributed by atoms with Gasteiger partial charge in [-0.2, -0.15) is 0 Å². The lowest BCUT2D eigenvalue weighted by atomic mass is 9.45. The maximum absolute atomic E-state index is 2.52. The van der Waals surface area contributed by atoms with E-state index in [0.29, 0.717) is 0 Å². The van der Waals surface area contributed by atoms with E-state index in [1.54, 1.807) is 5.57 Å². The Morgan fingerprint density at radius 2 is 2.00 bits per heavy atom. The number of fused-ring (bicyclic) bond motifs is 4. The number of hydrogen-bond donors (Lipinski definition) is 0. The Bertz CT molecular complexity index is 226. The quantitative estimate of drug-likeness (QED) is 0.463. The third-order valence-corrected chi connectivity index (χ3v) is 4.41. The minimum Gasteiger partial charge on any atom is -0.0822 e. The van der Waals surface area contributed by atoms with Crippen LogP contribution in [0.5, 0.6) is 0 Å². The highest BCUT2D eigenvalue weighted by Crippen LogP contribution is 2.65. The molecule has 0 aliphatic heterocycles. The first-order valence-corrected chi connectivity index (χ1v) is 4.97. The topological polar surface area (TPSA) is 0 Å². The minimum absolute atomic E-state index is 0.904. The molecule has 11 heavy (non-hydrogen) atoms. The van der Waals surface area contributed by atoms with Gasteiger partial charge in [0.1, 0.15) is 0 Å². The molecule has 0 amide bonds. The Morgan fingerprint density at radius 1 is 1.27 bits per heavy atom. The van der Waals surface area contributed by atoms with Crippen molar-refractivity contribution in [1.82, 2.24) is 0 Å². The molecule has 0 N–H and O–H groups in total. The Balaban J connectivity index is 1.92. The molecule has 5 atom stereocenters. The molecule has 2 fully saturated rings. The molecule has 2 saturated carbocycles. The summed E-state index contributed by atoms with van der Waals surface area (Å²) in [4.78, 5) is 0. The summed E-state index contributed by atoms with van der Waals surface area (Å²) >= 11 is 0. The van der Waals surface area contributed by atoms with Crippen molar-refractivity contribution in [2.75, 3.05) is 0 Å². The van der Waals surface area contributed by atoms with Crippen molar-refractivity contribution in [2.24, 2.45) is 29.6 Å². The van der Waals surface area contributed by atoms with E-state index in [9.17, 15) is 0 Å². The predicted molar refractivity (Wildman–Crippen MR) is 46.1 cm³/mol. The normalized spacial score (nSPS) is 58.7. The van der Waals surface area contributed by atoms with Crippen molar-refractivity contribution >= 4 is 0 Å².